The van der Waals surface area contributed by atoms with Gasteiger partial charge in [-0.25, -0.2) is 0 Å². The number of rotatable bonds is 6. The van der Waals surface area contributed by atoms with Crippen molar-refractivity contribution < 1.29 is 14.3 Å². The molecule has 2 rings (SSSR count). The molecule has 2 aromatic rings. The molecule has 0 aliphatic carbocycles. The summed E-state index contributed by atoms with van der Waals surface area (Å²) in [5.74, 6) is 0.724. The second kappa shape index (κ2) is 7.14. The lowest BCUT2D eigenvalue weighted by atomic mass is 10.2. The average Bonchev–Trinajstić information content (AvgIpc) is 2.54. The van der Waals surface area contributed by atoms with Gasteiger partial charge in [-0.3, -0.25) is 4.79 Å². The van der Waals surface area contributed by atoms with Gasteiger partial charge in [-0.2, -0.15) is 5.26 Å². The van der Waals surface area contributed by atoms with Crippen molar-refractivity contribution in [3.05, 3.63) is 59.7 Å². The van der Waals surface area contributed by atoms with Gasteiger partial charge in [0.1, 0.15) is 18.1 Å². The van der Waals surface area contributed by atoms with Crippen LogP contribution in [0.5, 0.6) is 11.5 Å². The molecule has 0 heterocycles. The van der Waals surface area contributed by atoms with Gasteiger partial charge in [-0.1, -0.05) is 12.1 Å². The van der Waals surface area contributed by atoms with Gasteiger partial charge in [0.2, 0.25) is 0 Å². The Morgan fingerprint density at radius 3 is 2.27 bits per heavy atom. The Kier molecular flexibility index (Phi) is 4.99. The number of primary amides is 1. The van der Waals surface area contributed by atoms with E-state index in [9.17, 15) is 4.79 Å². The van der Waals surface area contributed by atoms with Crippen LogP contribution in [0.2, 0.25) is 0 Å². The summed E-state index contributed by atoms with van der Waals surface area (Å²) < 4.78 is 11.0. The van der Waals surface area contributed by atoms with Crippen molar-refractivity contribution in [1.82, 2.24) is 0 Å². The molecule has 0 saturated carbocycles. The number of nitriles is 1. The van der Waals surface area contributed by atoms with Crippen LogP contribution in [-0.4, -0.2) is 12.0 Å². The van der Waals surface area contributed by atoms with Gasteiger partial charge in [-0.15, -0.1) is 0 Å². The zero-order valence-corrected chi connectivity index (χ0v) is 12.2. The van der Waals surface area contributed by atoms with Crippen LogP contribution in [0.15, 0.2) is 48.5 Å². The molecule has 0 aliphatic heterocycles. The van der Waals surface area contributed by atoms with Crippen LogP contribution in [0.1, 0.15) is 18.1 Å². The molecular weight excluding hydrogens is 280 g/mol. The molecule has 1 unspecified atom stereocenters. The molecule has 112 valence electrons. The number of amides is 1. The molecule has 0 spiro atoms. The highest BCUT2D eigenvalue weighted by molar-refractivity contribution is 5.78. The van der Waals surface area contributed by atoms with E-state index in [-0.39, 0.29) is 0 Å². The van der Waals surface area contributed by atoms with Crippen LogP contribution in [0, 0.1) is 11.3 Å². The third-order valence-electron chi connectivity index (χ3n) is 3.03. The van der Waals surface area contributed by atoms with Gasteiger partial charge in [-0.05, 0) is 48.9 Å². The Bertz CT molecular complexity index is 673. The highest BCUT2D eigenvalue weighted by Gasteiger charge is 2.09. The summed E-state index contributed by atoms with van der Waals surface area (Å²) in [6.45, 7) is 2.00. The zero-order valence-electron chi connectivity index (χ0n) is 12.2. The second-order valence-electron chi connectivity index (χ2n) is 4.73. The summed E-state index contributed by atoms with van der Waals surface area (Å²) in [7, 11) is 0. The van der Waals surface area contributed by atoms with E-state index in [0.717, 1.165) is 5.56 Å². The van der Waals surface area contributed by atoms with Crippen molar-refractivity contribution in [2.45, 2.75) is 19.6 Å². The topological polar surface area (TPSA) is 85.3 Å². The molecule has 0 radical (unpaired) electrons. The molecule has 1 amide bonds. The first-order valence-electron chi connectivity index (χ1n) is 6.76. The highest BCUT2D eigenvalue weighted by Crippen LogP contribution is 2.19. The van der Waals surface area contributed by atoms with E-state index in [4.69, 9.17) is 20.5 Å². The van der Waals surface area contributed by atoms with E-state index in [1.165, 1.54) is 0 Å². The molecule has 5 nitrogen and oxygen atoms in total. The van der Waals surface area contributed by atoms with Gasteiger partial charge in [0, 0.05) is 0 Å². The van der Waals surface area contributed by atoms with E-state index in [1.54, 1.807) is 43.3 Å². The molecule has 0 fully saturated rings. The Balaban J connectivity index is 1.91. The number of benzene rings is 2. The van der Waals surface area contributed by atoms with Crippen molar-refractivity contribution in [2.24, 2.45) is 5.73 Å². The summed E-state index contributed by atoms with van der Waals surface area (Å²) in [6.07, 6.45) is -0.676. The second-order valence-corrected chi connectivity index (χ2v) is 4.73. The number of hydrogen-bond donors (Lipinski definition) is 1. The molecule has 0 bridgehead atoms. The fourth-order valence-electron chi connectivity index (χ4n) is 1.72. The maximum Gasteiger partial charge on any atom is 0.258 e. The first-order valence-corrected chi connectivity index (χ1v) is 6.76. The predicted molar refractivity (Wildman–Crippen MR) is 81.2 cm³/mol. The van der Waals surface area contributed by atoms with E-state index in [0.29, 0.717) is 23.7 Å². The van der Waals surface area contributed by atoms with Crippen molar-refractivity contribution in [3.8, 4) is 17.6 Å². The standard InChI is InChI=1S/C17H16N2O3/c1-12(17(19)20)22-16-8-6-15(7-9-16)21-11-14-4-2-13(10-18)3-5-14/h2-9,12H,11H2,1H3,(H2,19,20). The maximum absolute atomic E-state index is 10.9. The van der Waals surface area contributed by atoms with Crippen LogP contribution < -0.4 is 15.2 Å². The third-order valence-corrected chi connectivity index (χ3v) is 3.03. The number of carbonyl (C=O) groups is 1. The predicted octanol–water partition coefficient (Wildman–Crippen LogP) is 2.39. The number of nitrogens with two attached hydrogens (primary N) is 1. The number of hydrogen-bond acceptors (Lipinski definition) is 4. The van der Waals surface area contributed by atoms with Crippen LogP contribution >= 0.6 is 0 Å². The smallest absolute Gasteiger partial charge is 0.258 e. The van der Waals surface area contributed by atoms with Crippen molar-refractivity contribution in [2.75, 3.05) is 0 Å². The van der Waals surface area contributed by atoms with Gasteiger partial charge < -0.3 is 15.2 Å². The molecule has 1 atom stereocenters. The highest BCUT2D eigenvalue weighted by atomic mass is 16.5. The first-order chi connectivity index (χ1) is 10.6. The summed E-state index contributed by atoms with van der Waals surface area (Å²) in [5.41, 5.74) is 6.73. The summed E-state index contributed by atoms with van der Waals surface area (Å²) in [4.78, 5) is 10.9. The molecule has 0 saturated heterocycles. The van der Waals surface area contributed by atoms with Gasteiger partial charge in [0.25, 0.3) is 5.91 Å². The fourth-order valence-corrected chi connectivity index (χ4v) is 1.72. The summed E-state index contributed by atoms with van der Waals surface area (Å²) in [6, 6.07) is 16.2. The third kappa shape index (κ3) is 4.25. The average molecular weight is 296 g/mol. The van der Waals surface area contributed by atoms with Crippen LogP contribution in [0.4, 0.5) is 0 Å². The van der Waals surface area contributed by atoms with Crippen molar-refractivity contribution in [1.29, 1.82) is 5.26 Å². The van der Waals surface area contributed by atoms with E-state index in [1.807, 2.05) is 12.1 Å². The minimum atomic E-state index is -0.676. The van der Waals surface area contributed by atoms with E-state index in [2.05, 4.69) is 6.07 Å². The Hall–Kier alpha value is -3.00. The monoisotopic (exact) mass is 296 g/mol. The van der Waals surface area contributed by atoms with Gasteiger partial charge >= 0.3 is 0 Å². The van der Waals surface area contributed by atoms with Crippen LogP contribution in [0.25, 0.3) is 0 Å². The lowest BCUT2D eigenvalue weighted by Crippen LogP contribution is -2.30. The quantitative estimate of drug-likeness (QED) is 0.886. The zero-order chi connectivity index (χ0) is 15.9. The Labute approximate surface area is 128 Å². The minimum Gasteiger partial charge on any atom is -0.489 e. The van der Waals surface area contributed by atoms with Crippen molar-refractivity contribution in [3.63, 3.8) is 0 Å². The Morgan fingerprint density at radius 2 is 1.73 bits per heavy atom. The lowest BCUT2D eigenvalue weighted by molar-refractivity contribution is -0.123. The lowest BCUT2D eigenvalue weighted by Gasteiger charge is -2.12. The molecule has 2 aromatic carbocycles. The molecule has 0 aromatic heterocycles. The molecule has 2 N–H and O–H groups in total. The van der Waals surface area contributed by atoms with Gasteiger partial charge in [0.15, 0.2) is 6.10 Å². The Morgan fingerprint density at radius 1 is 1.14 bits per heavy atom. The first kappa shape index (κ1) is 15.4. The summed E-state index contributed by atoms with van der Waals surface area (Å²) >= 11 is 0. The van der Waals surface area contributed by atoms with E-state index >= 15 is 0 Å². The normalized spacial score (nSPS) is 11.3. The molecule has 5 heteroatoms. The number of carbonyl (C=O) groups excluding carboxylic acids is 1. The van der Waals surface area contributed by atoms with Crippen LogP contribution in [-0.2, 0) is 11.4 Å². The van der Waals surface area contributed by atoms with Gasteiger partial charge in [0.05, 0.1) is 11.6 Å². The van der Waals surface area contributed by atoms with Crippen LogP contribution in [0.3, 0.4) is 0 Å². The molecular formula is C17H16N2O3. The molecule has 22 heavy (non-hydrogen) atoms. The fraction of sp³-hybridized carbons (Fsp3) is 0.176. The minimum absolute atomic E-state index is 0.406. The number of ether oxygens (including phenoxy) is 2. The molecule has 0 aliphatic rings. The number of nitrogens with zero attached hydrogens (tertiary/aromatic N) is 1. The maximum atomic E-state index is 10.9. The van der Waals surface area contributed by atoms with Crippen molar-refractivity contribution >= 4 is 5.91 Å². The SMILES string of the molecule is CC(Oc1ccc(OCc2ccc(C#N)cc2)cc1)C(N)=O. The largest absolute Gasteiger partial charge is 0.489 e. The van der Waals surface area contributed by atoms with E-state index < -0.39 is 12.0 Å². The summed E-state index contributed by atoms with van der Waals surface area (Å²) in [5, 5.41) is 8.74.